The average Bonchev–Trinajstić information content (AvgIpc) is 3.11. The number of nitrogens with one attached hydrogen (secondary N) is 1. The van der Waals surface area contributed by atoms with Crippen molar-refractivity contribution in [1.82, 2.24) is 20.4 Å². The Balaban J connectivity index is 1.42. The van der Waals surface area contributed by atoms with Crippen LogP contribution >= 0.6 is 0 Å². The van der Waals surface area contributed by atoms with E-state index < -0.39 is 0 Å². The maximum atomic E-state index is 12.3. The summed E-state index contributed by atoms with van der Waals surface area (Å²) in [5.74, 6) is 1.10. The highest BCUT2D eigenvalue weighted by Crippen LogP contribution is 2.18. The second-order valence-electron chi connectivity index (χ2n) is 7.13. The van der Waals surface area contributed by atoms with Crippen molar-refractivity contribution < 1.29 is 9.32 Å². The van der Waals surface area contributed by atoms with E-state index in [2.05, 4.69) is 56.4 Å². The molecule has 3 rings (SSSR count). The molecule has 0 unspecified atom stereocenters. The van der Waals surface area contributed by atoms with Crippen molar-refractivity contribution in [2.45, 2.75) is 39.7 Å². The van der Waals surface area contributed by atoms with Gasteiger partial charge in [-0.05, 0) is 38.0 Å². The van der Waals surface area contributed by atoms with Crippen molar-refractivity contribution in [3.05, 3.63) is 41.5 Å². The van der Waals surface area contributed by atoms with Crippen LogP contribution in [-0.4, -0.2) is 53.7 Å². The van der Waals surface area contributed by atoms with Crippen molar-refractivity contribution in [1.29, 1.82) is 0 Å². The Hall–Kier alpha value is -2.41. The molecule has 7 nitrogen and oxygen atoms in total. The summed E-state index contributed by atoms with van der Waals surface area (Å²) >= 11 is 0. The molecular weight excluding hydrogens is 342 g/mol. The summed E-state index contributed by atoms with van der Waals surface area (Å²) < 4.78 is 5.18. The highest BCUT2D eigenvalue weighted by atomic mass is 16.5. The van der Waals surface area contributed by atoms with Gasteiger partial charge in [-0.1, -0.05) is 24.2 Å². The van der Waals surface area contributed by atoms with Crippen molar-refractivity contribution in [2.24, 2.45) is 0 Å². The molecule has 2 aromatic rings. The van der Waals surface area contributed by atoms with Crippen LogP contribution in [0.3, 0.4) is 0 Å². The molecule has 0 aliphatic carbocycles. The third-order valence-electron chi connectivity index (χ3n) is 4.98. The Morgan fingerprint density at radius 2 is 2.04 bits per heavy atom. The minimum atomic E-state index is -0.211. The second kappa shape index (κ2) is 8.99. The van der Waals surface area contributed by atoms with Gasteiger partial charge in [0.15, 0.2) is 5.82 Å². The molecule has 1 saturated heterocycles. The fourth-order valence-electron chi connectivity index (χ4n) is 3.37. The highest BCUT2D eigenvalue weighted by Gasteiger charge is 2.21. The number of hydrogen-bond donors (Lipinski definition) is 1. The smallest absolute Gasteiger partial charge is 0.249 e. The first-order chi connectivity index (χ1) is 13.0. The first-order valence-electron chi connectivity index (χ1n) is 9.68. The topological polar surface area (TPSA) is 74.5 Å². The Bertz CT molecular complexity index is 752. The van der Waals surface area contributed by atoms with Crippen LogP contribution in [0.25, 0.3) is 0 Å². The molecule has 0 spiro atoms. The highest BCUT2D eigenvalue weighted by molar-refractivity contribution is 5.76. The summed E-state index contributed by atoms with van der Waals surface area (Å²) in [6.45, 7) is 10.6. The van der Waals surface area contributed by atoms with Crippen LogP contribution in [0.1, 0.15) is 43.1 Å². The van der Waals surface area contributed by atoms with E-state index in [-0.39, 0.29) is 11.9 Å². The Labute approximate surface area is 160 Å². The predicted molar refractivity (Wildman–Crippen MR) is 105 cm³/mol. The van der Waals surface area contributed by atoms with E-state index >= 15 is 0 Å². The molecule has 1 aliphatic rings. The minimum Gasteiger partial charge on any atom is -0.369 e. The molecule has 1 aromatic carbocycles. The van der Waals surface area contributed by atoms with Gasteiger partial charge in [0.05, 0.1) is 0 Å². The summed E-state index contributed by atoms with van der Waals surface area (Å²) in [5.41, 5.74) is 2.57. The summed E-state index contributed by atoms with van der Waals surface area (Å²) in [4.78, 5) is 21.3. The molecule has 146 valence electrons. The lowest BCUT2D eigenvalue weighted by Crippen LogP contribution is -2.47. The molecule has 1 aliphatic heterocycles. The van der Waals surface area contributed by atoms with Crippen LogP contribution in [0, 0.1) is 13.8 Å². The SMILES string of the molecule is CC[C@H](NC(=O)CCN1CCN(c2cccc(C)c2)CC1)c1nc(C)no1. The first kappa shape index (κ1) is 19.4. The van der Waals surface area contributed by atoms with E-state index in [4.69, 9.17) is 4.52 Å². The maximum absolute atomic E-state index is 12.3. The third kappa shape index (κ3) is 5.29. The largest absolute Gasteiger partial charge is 0.369 e. The van der Waals surface area contributed by atoms with Gasteiger partial charge in [-0.15, -0.1) is 0 Å². The van der Waals surface area contributed by atoms with Crippen molar-refractivity contribution in [3.8, 4) is 0 Å². The van der Waals surface area contributed by atoms with Gasteiger partial charge in [-0.3, -0.25) is 9.69 Å². The summed E-state index contributed by atoms with van der Waals surface area (Å²) in [5, 5.41) is 6.80. The quantitative estimate of drug-likeness (QED) is 0.806. The van der Waals surface area contributed by atoms with Gasteiger partial charge >= 0.3 is 0 Å². The number of carbonyl (C=O) groups excluding carboxylic acids is 1. The third-order valence-corrected chi connectivity index (χ3v) is 4.98. The molecule has 1 fully saturated rings. The number of hydrogen-bond acceptors (Lipinski definition) is 6. The van der Waals surface area contributed by atoms with Gasteiger partial charge in [-0.2, -0.15) is 4.98 Å². The van der Waals surface area contributed by atoms with Crippen molar-refractivity contribution in [2.75, 3.05) is 37.6 Å². The van der Waals surface area contributed by atoms with Crippen LogP contribution < -0.4 is 10.2 Å². The Kier molecular flexibility index (Phi) is 6.45. The number of benzene rings is 1. The number of aryl methyl sites for hydroxylation is 2. The van der Waals surface area contributed by atoms with Gasteiger partial charge in [0.2, 0.25) is 11.8 Å². The fraction of sp³-hybridized carbons (Fsp3) is 0.550. The number of aromatic nitrogens is 2. The molecular formula is C20H29N5O2. The van der Waals surface area contributed by atoms with Gasteiger partial charge in [-0.25, -0.2) is 0 Å². The van der Waals surface area contributed by atoms with Gasteiger partial charge < -0.3 is 14.7 Å². The molecule has 0 saturated carbocycles. The number of nitrogens with zero attached hydrogens (tertiary/aromatic N) is 4. The zero-order valence-electron chi connectivity index (χ0n) is 16.4. The predicted octanol–water partition coefficient (Wildman–Crippen LogP) is 2.47. The standard InChI is InChI=1S/C20H29N5O2/c1-4-18(20-21-16(3)23-27-20)22-19(26)8-9-24-10-12-25(13-11-24)17-7-5-6-15(2)14-17/h5-7,14,18H,4,8-13H2,1-3H3,(H,22,26)/t18-/m0/s1. The molecule has 27 heavy (non-hydrogen) atoms. The average molecular weight is 371 g/mol. The van der Waals surface area contributed by atoms with E-state index in [1.54, 1.807) is 6.92 Å². The summed E-state index contributed by atoms with van der Waals surface area (Å²) in [6.07, 6.45) is 1.20. The van der Waals surface area contributed by atoms with Crippen LogP contribution in [0.5, 0.6) is 0 Å². The van der Waals surface area contributed by atoms with E-state index in [1.165, 1.54) is 11.3 Å². The number of anilines is 1. The molecule has 1 amide bonds. The van der Waals surface area contributed by atoms with Crippen LogP contribution in [-0.2, 0) is 4.79 Å². The van der Waals surface area contributed by atoms with Crippen molar-refractivity contribution in [3.63, 3.8) is 0 Å². The molecule has 1 atom stereocenters. The van der Waals surface area contributed by atoms with E-state index in [0.717, 1.165) is 39.1 Å². The normalized spacial score (nSPS) is 16.3. The first-order valence-corrected chi connectivity index (χ1v) is 9.68. The Morgan fingerprint density at radius 1 is 1.26 bits per heavy atom. The van der Waals surface area contributed by atoms with Crippen molar-refractivity contribution >= 4 is 11.6 Å². The van der Waals surface area contributed by atoms with E-state index in [9.17, 15) is 4.79 Å². The lowest BCUT2D eigenvalue weighted by atomic mass is 10.2. The zero-order valence-corrected chi connectivity index (χ0v) is 16.4. The van der Waals surface area contributed by atoms with Crippen LogP contribution in [0.15, 0.2) is 28.8 Å². The van der Waals surface area contributed by atoms with Gasteiger partial charge in [0.1, 0.15) is 6.04 Å². The second-order valence-corrected chi connectivity index (χ2v) is 7.13. The fourth-order valence-corrected chi connectivity index (χ4v) is 3.37. The number of piperazine rings is 1. The number of amides is 1. The molecule has 1 aromatic heterocycles. The Morgan fingerprint density at radius 3 is 2.67 bits per heavy atom. The van der Waals surface area contributed by atoms with Crippen LogP contribution in [0.2, 0.25) is 0 Å². The minimum absolute atomic E-state index is 0.0267. The molecule has 0 radical (unpaired) electrons. The lowest BCUT2D eigenvalue weighted by Gasteiger charge is -2.36. The molecule has 2 heterocycles. The van der Waals surface area contributed by atoms with Gasteiger partial charge in [0.25, 0.3) is 0 Å². The van der Waals surface area contributed by atoms with E-state index in [0.29, 0.717) is 18.1 Å². The summed E-state index contributed by atoms with van der Waals surface area (Å²) in [6, 6.07) is 8.42. The monoisotopic (exact) mass is 371 g/mol. The zero-order chi connectivity index (χ0) is 19.2. The maximum Gasteiger partial charge on any atom is 0.249 e. The van der Waals surface area contributed by atoms with Crippen LogP contribution in [0.4, 0.5) is 5.69 Å². The molecule has 7 heteroatoms. The van der Waals surface area contributed by atoms with Gasteiger partial charge in [0, 0.05) is 44.8 Å². The number of rotatable bonds is 7. The lowest BCUT2D eigenvalue weighted by molar-refractivity contribution is -0.122. The van der Waals surface area contributed by atoms with E-state index in [1.807, 2.05) is 6.92 Å². The number of carbonyl (C=O) groups is 1. The molecule has 1 N–H and O–H groups in total. The summed E-state index contributed by atoms with van der Waals surface area (Å²) in [7, 11) is 0. The molecule has 0 bridgehead atoms.